The average Bonchev–Trinajstić information content (AvgIpc) is 2.52. The largest absolute Gasteiger partial charge is 0.463 e. The summed E-state index contributed by atoms with van der Waals surface area (Å²) in [5.41, 5.74) is 5.14. The van der Waals surface area contributed by atoms with Crippen molar-refractivity contribution in [2.45, 2.75) is 57.9 Å². The number of primary amides is 1. The average molecular weight is 348 g/mol. The number of rotatable bonds is 7. The van der Waals surface area contributed by atoms with Crippen LogP contribution in [-0.4, -0.2) is 30.4 Å². The zero-order valence-electron chi connectivity index (χ0n) is 14.8. The minimum Gasteiger partial charge on any atom is -0.463 e. The summed E-state index contributed by atoms with van der Waals surface area (Å²) in [5.74, 6) is 0.915. The van der Waals surface area contributed by atoms with E-state index in [0.717, 1.165) is 19.3 Å². The van der Waals surface area contributed by atoms with Gasteiger partial charge in [0.15, 0.2) is 0 Å². The highest BCUT2D eigenvalue weighted by molar-refractivity contribution is 5.90. The predicted octanol–water partition coefficient (Wildman–Crippen LogP) is 1.68. The molecule has 0 heterocycles. The molecule has 0 aromatic heterocycles. The summed E-state index contributed by atoms with van der Waals surface area (Å²) >= 11 is 0. The van der Waals surface area contributed by atoms with E-state index in [1.807, 2.05) is 0 Å². The monoisotopic (exact) mass is 348 g/mol. The van der Waals surface area contributed by atoms with E-state index in [4.69, 9.17) is 10.5 Å². The molecule has 0 spiro atoms. The first-order chi connectivity index (χ1) is 11.9. The number of hydrogen-bond donors (Lipinski definition) is 2. The summed E-state index contributed by atoms with van der Waals surface area (Å²) in [5, 5.41) is 2.86. The van der Waals surface area contributed by atoms with Gasteiger partial charge in [-0.2, -0.15) is 0 Å². The number of ether oxygens (including phenoxy) is 1. The van der Waals surface area contributed by atoms with Crippen LogP contribution in [0.15, 0.2) is 12.2 Å². The Morgan fingerprint density at radius 2 is 1.72 bits per heavy atom. The second-order valence-corrected chi connectivity index (χ2v) is 8.02. The van der Waals surface area contributed by atoms with E-state index in [2.05, 4.69) is 5.32 Å². The minimum absolute atomic E-state index is 0.0278. The molecular weight excluding hydrogens is 320 g/mol. The van der Waals surface area contributed by atoms with Crippen molar-refractivity contribution in [1.29, 1.82) is 0 Å². The highest BCUT2D eigenvalue weighted by atomic mass is 16.5. The lowest BCUT2D eigenvalue weighted by molar-refractivity contribution is -0.148. The number of esters is 1. The van der Waals surface area contributed by atoms with Crippen molar-refractivity contribution in [2.75, 3.05) is 6.61 Å². The molecule has 3 N–H and O–H groups in total. The third-order valence-electron chi connectivity index (χ3n) is 6.08. The molecule has 4 aliphatic carbocycles. The van der Waals surface area contributed by atoms with Crippen molar-refractivity contribution in [3.8, 4) is 0 Å². The highest BCUT2D eigenvalue weighted by Gasteiger charge is 2.54. The zero-order chi connectivity index (χ0) is 18.0. The van der Waals surface area contributed by atoms with Crippen LogP contribution in [0.3, 0.4) is 0 Å². The first kappa shape index (κ1) is 18.0. The molecule has 0 radical (unpaired) electrons. The lowest BCUT2D eigenvalue weighted by Gasteiger charge is -2.55. The van der Waals surface area contributed by atoms with Gasteiger partial charge in [-0.05, 0) is 69.6 Å². The van der Waals surface area contributed by atoms with Crippen LogP contribution in [0.4, 0.5) is 0 Å². The van der Waals surface area contributed by atoms with Crippen LogP contribution in [0, 0.1) is 23.2 Å². The molecule has 138 valence electrons. The maximum Gasteiger partial charge on any atom is 0.330 e. The molecule has 6 nitrogen and oxygen atoms in total. The molecule has 0 aromatic rings. The number of nitrogens with one attached hydrogen (secondary N) is 1. The fourth-order valence-electron chi connectivity index (χ4n) is 5.44. The second kappa shape index (κ2) is 7.18. The second-order valence-electron chi connectivity index (χ2n) is 8.02. The SMILES string of the molecule is CCOC(=O)/C=C/C[C@H](NC(=O)C12CC3CC(CC(C3)C1)C2)C(N)=O. The first-order valence-corrected chi connectivity index (χ1v) is 9.35. The van der Waals surface area contributed by atoms with Gasteiger partial charge in [-0.25, -0.2) is 4.79 Å². The fraction of sp³-hybridized carbons (Fsp3) is 0.737. The molecule has 2 amide bonds. The molecule has 4 aliphatic rings. The molecule has 0 unspecified atom stereocenters. The van der Waals surface area contributed by atoms with Gasteiger partial charge >= 0.3 is 5.97 Å². The van der Waals surface area contributed by atoms with Gasteiger partial charge in [-0.1, -0.05) is 6.08 Å². The van der Waals surface area contributed by atoms with Crippen molar-refractivity contribution < 1.29 is 19.1 Å². The Morgan fingerprint density at radius 1 is 1.16 bits per heavy atom. The Bertz CT molecular complexity index is 549. The summed E-state index contributed by atoms with van der Waals surface area (Å²) in [6.07, 6.45) is 9.60. The summed E-state index contributed by atoms with van der Waals surface area (Å²) in [6.45, 7) is 2.02. The van der Waals surface area contributed by atoms with E-state index in [-0.39, 0.29) is 17.7 Å². The molecule has 0 aromatic carbocycles. The number of hydrogen-bond acceptors (Lipinski definition) is 4. The molecular formula is C19H28N2O4. The summed E-state index contributed by atoms with van der Waals surface area (Å²) in [4.78, 5) is 36.0. The first-order valence-electron chi connectivity index (χ1n) is 9.35. The Morgan fingerprint density at radius 3 is 2.20 bits per heavy atom. The van der Waals surface area contributed by atoms with Gasteiger partial charge in [0.1, 0.15) is 6.04 Å². The predicted molar refractivity (Wildman–Crippen MR) is 92.1 cm³/mol. The minimum atomic E-state index is -0.786. The molecule has 4 saturated carbocycles. The van der Waals surface area contributed by atoms with Crippen molar-refractivity contribution >= 4 is 17.8 Å². The maximum atomic E-state index is 13.0. The summed E-state index contributed by atoms with van der Waals surface area (Å²) in [6, 6.07) is -0.786. The number of carbonyl (C=O) groups excluding carboxylic acids is 3. The van der Waals surface area contributed by atoms with E-state index in [1.54, 1.807) is 6.92 Å². The Balaban J connectivity index is 1.61. The van der Waals surface area contributed by atoms with Crippen LogP contribution in [0.1, 0.15) is 51.9 Å². The van der Waals surface area contributed by atoms with Crippen LogP contribution >= 0.6 is 0 Å². The number of carbonyl (C=O) groups is 3. The van der Waals surface area contributed by atoms with Crippen molar-refractivity contribution in [3.05, 3.63) is 12.2 Å². The summed E-state index contributed by atoms with van der Waals surface area (Å²) < 4.78 is 4.80. The van der Waals surface area contributed by atoms with Gasteiger partial charge in [0.05, 0.1) is 6.61 Å². The van der Waals surface area contributed by atoms with Gasteiger partial charge < -0.3 is 15.8 Å². The highest BCUT2D eigenvalue weighted by Crippen LogP contribution is 2.60. The van der Waals surface area contributed by atoms with Crippen LogP contribution in [-0.2, 0) is 19.1 Å². The quantitative estimate of drug-likeness (QED) is 0.540. The van der Waals surface area contributed by atoms with E-state index in [0.29, 0.717) is 24.4 Å². The van der Waals surface area contributed by atoms with Gasteiger partial charge in [0, 0.05) is 11.5 Å². The van der Waals surface area contributed by atoms with Crippen LogP contribution in [0.25, 0.3) is 0 Å². The van der Waals surface area contributed by atoms with Gasteiger partial charge in [-0.3, -0.25) is 9.59 Å². The molecule has 1 atom stereocenters. The summed E-state index contributed by atoms with van der Waals surface area (Å²) in [7, 11) is 0. The van der Waals surface area contributed by atoms with Gasteiger partial charge in [-0.15, -0.1) is 0 Å². The van der Waals surface area contributed by atoms with Crippen LogP contribution in [0.5, 0.6) is 0 Å². The molecule has 4 fully saturated rings. The molecule has 4 rings (SSSR count). The van der Waals surface area contributed by atoms with Crippen molar-refractivity contribution in [1.82, 2.24) is 5.32 Å². The smallest absolute Gasteiger partial charge is 0.330 e. The molecule has 6 heteroatoms. The lowest BCUT2D eigenvalue weighted by atomic mass is 9.49. The molecule has 0 aliphatic heterocycles. The molecule has 0 saturated heterocycles. The lowest BCUT2D eigenvalue weighted by Crippen LogP contribution is -2.56. The van der Waals surface area contributed by atoms with E-state index in [1.165, 1.54) is 31.4 Å². The third-order valence-corrected chi connectivity index (χ3v) is 6.08. The van der Waals surface area contributed by atoms with Gasteiger partial charge in [0.25, 0.3) is 0 Å². The normalized spacial score (nSPS) is 34.0. The maximum absolute atomic E-state index is 13.0. The van der Waals surface area contributed by atoms with Crippen LogP contribution < -0.4 is 11.1 Å². The van der Waals surface area contributed by atoms with E-state index >= 15 is 0 Å². The standard InChI is InChI=1S/C19H28N2O4/c1-2-25-16(22)5-3-4-15(17(20)23)21-18(24)19-9-12-6-13(10-19)8-14(7-12)11-19/h3,5,12-15H,2,4,6-11H2,1H3,(H2,20,23)(H,21,24)/b5-3+/t12?,13?,14?,15-,19?/m0/s1. The van der Waals surface area contributed by atoms with Crippen molar-refractivity contribution in [2.24, 2.45) is 28.9 Å². The van der Waals surface area contributed by atoms with E-state index < -0.39 is 17.9 Å². The van der Waals surface area contributed by atoms with Crippen molar-refractivity contribution in [3.63, 3.8) is 0 Å². The topological polar surface area (TPSA) is 98.5 Å². The molecule has 25 heavy (non-hydrogen) atoms. The third kappa shape index (κ3) is 3.88. The fourth-order valence-corrected chi connectivity index (χ4v) is 5.44. The number of amides is 2. The molecule has 4 bridgehead atoms. The number of nitrogens with two attached hydrogens (primary N) is 1. The Labute approximate surface area is 148 Å². The van der Waals surface area contributed by atoms with E-state index in [9.17, 15) is 14.4 Å². The zero-order valence-corrected chi connectivity index (χ0v) is 14.8. The Hall–Kier alpha value is -1.85. The van der Waals surface area contributed by atoms with Crippen LogP contribution in [0.2, 0.25) is 0 Å². The van der Waals surface area contributed by atoms with Gasteiger partial charge in [0.2, 0.25) is 11.8 Å². The Kier molecular flexibility index (Phi) is 5.16.